The highest BCUT2D eigenvalue weighted by Gasteiger charge is 2.13. The van der Waals surface area contributed by atoms with E-state index in [2.05, 4.69) is 21.2 Å². The molecule has 1 heterocycles. The molecule has 1 N–H and O–H groups in total. The lowest BCUT2D eigenvalue weighted by molar-refractivity contribution is 0.494. The van der Waals surface area contributed by atoms with Crippen molar-refractivity contribution in [2.75, 3.05) is 6.54 Å². The second-order valence-corrected chi connectivity index (χ2v) is 4.65. The molecule has 0 radical (unpaired) electrons. The highest BCUT2D eigenvalue weighted by atomic mass is 79.9. The third-order valence-corrected chi connectivity index (χ3v) is 3.09. The molecule has 2 nitrogen and oxygen atoms in total. The Balaban J connectivity index is 2.31. The van der Waals surface area contributed by atoms with Crippen LogP contribution in [0, 0.1) is 11.6 Å². The number of furan rings is 1. The van der Waals surface area contributed by atoms with Gasteiger partial charge in [-0.25, -0.2) is 8.78 Å². The molecule has 18 heavy (non-hydrogen) atoms. The Morgan fingerprint density at radius 2 is 2.00 bits per heavy atom. The summed E-state index contributed by atoms with van der Waals surface area (Å²) in [5.74, 6) is -0.163. The maximum Gasteiger partial charge on any atom is 0.140 e. The quantitative estimate of drug-likeness (QED) is 0.859. The Hall–Kier alpha value is -1.20. The van der Waals surface area contributed by atoms with E-state index < -0.39 is 11.6 Å². The van der Waals surface area contributed by atoms with Crippen molar-refractivity contribution < 1.29 is 13.2 Å². The normalized spacial score (nSPS) is 10.9. The first-order valence-electron chi connectivity index (χ1n) is 5.56. The molecule has 0 fully saturated rings. The smallest absolute Gasteiger partial charge is 0.140 e. The average molecular weight is 316 g/mol. The molecule has 0 aliphatic rings. The number of hydrogen-bond acceptors (Lipinski definition) is 2. The first-order chi connectivity index (χ1) is 8.61. The van der Waals surface area contributed by atoms with Crippen LogP contribution >= 0.6 is 15.9 Å². The number of benzene rings is 1. The van der Waals surface area contributed by atoms with Gasteiger partial charge in [0.1, 0.15) is 23.2 Å². The molecule has 0 atom stereocenters. The molecule has 0 amide bonds. The fraction of sp³-hybridized carbons (Fsp3) is 0.231. The van der Waals surface area contributed by atoms with Crippen LogP contribution < -0.4 is 5.32 Å². The molecular formula is C13H12BrF2NO. The van der Waals surface area contributed by atoms with Crippen LogP contribution in [0.4, 0.5) is 8.78 Å². The van der Waals surface area contributed by atoms with Crippen molar-refractivity contribution in [3.8, 4) is 11.3 Å². The van der Waals surface area contributed by atoms with Gasteiger partial charge in [0.2, 0.25) is 0 Å². The highest BCUT2D eigenvalue weighted by Crippen LogP contribution is 2.29. The van der Waals surface area contributed by atoms with Crippen LogP contribution in [0.5, 0.6) is 0 Å². The molecule has 0 bridgehead atoms. The third kappa shape index (κ3) is 2.79. The van der Waals surface area contributed by atoms with Crippen molar-refractivity contribution in [2.24, 2.45) is 0 Å². The van der Waals surface area contributed by atoms with Crippen molar-refractivity contribution in [3.63, 3.8) is 0 Å². The van der Waals surface area contributed by atoms with Crippen LogP contribution in [0.3, 0.4) is 0 Å². The first-order valence-corrected chi connectivity index (χ1v) is 6.35. The van der Waals surface area contributed by atoms with Crippen LogP contribution in [0.25, 0.3) is 11.3 Å². The molecule has 0 saturated heterocycles. The highest BCUT2D eigenvalue weighted by molar-refractivity contribution is 9.10. The van der Waals surface area contributed by atoms with Gasteiger partial charge in [-0.1, -0.05) is 6.92 Å². The maximum atomic E-state index is 13.6. The summed E-state index contributed by atoms with van der Waals surface area (Å²) in [5.41, 5.74) is 0.242. The van der Waals surface area contributed by atoms with Crippen LogP contribution in [0.1, 0.15) is 12.7 Å². The summed E-state index contributed by atoms with van der Waals surface area (Å²) in [7, 11) is 0. The molecule has 0 aliphatic carbocycles. The Bertz CT molecular complexity index is 554. The molecule has 2 rings (SSSR count). The fourth-order valence-corrected chi connectivity index (χ4v) is 1.92. The van der Waals surface area contributed by atoms with Crippen molar-refractivity contribution in [1.82, 2.24) is 5.32 Å². The van der Waals surface area contributed by atoms with E-state index in [1.165, 1.54) is 6.07 Å². The number of rotatable bonds is 4. The lowest BCUT2D eigenvalue weighted by Gasteiger charge is -2.02. The Morgan fingerprint density at radius 3 is 2.72 bits per heavy atom. The Morgan fingerprint density at radius 1 is 1.22 bits per heavy atom. The average Bonchev–Trinajstić information content (AvgIpc) is 2.79. The summed E-state index contributed by atoms with van der Waals surface area (Å²) in [6.07, 6.45) is 0. The molecule has 0 saturated carbocycles. The summed E-state index contributed by atoms with van der Waals surface area (Å²) >= 11 is 3.03. The van der Waals surface area contributed by atoms with E-state index in [0.717, 1.165) is 12.6 Å². The molecule has 1 aromatic heterocycles. The minimum atomic E-state index is -0.639. The molecular weight excluding hydrogens is 304 g/mol. The summed E-state index contributed by atoms with van der Waals surface area (Å²) < 4.78 is 32.5. The topological polar surface area (TPSA) is 25.2 Å². The van der Waals surface area contributed by atoms with Crippen LogP contribution in [0.15, 0.2) is 33.2 Å². The van der Waals surface area contributed by atoms with Gasteiger partial charge in [0.05, 0.1) is 16.6 Å². The van der Waals surface area contributed by atoms with Gasteiger partial charge in [0.15, 0.2) is 0 Å². The van der Waals surface area contributed by atoms with E-state index in [1.807, 2.05) is 6.92 Å². The zero-order chi connectivity index (χ0) is 13.1. The SMILES string of the molecule is CCNCc1ccc(-c2cc(Br)c(F)cc2F)o1. The molecule has 96 valence electrons. The summed E-state index contributed by atoms with van der Waals surface area (Å²) in [4.78, 5) is 0. The molecule has 5 heteroatoms. The van der Waals surface area contributed by atoms with Gasteiger partial charge in [-0.15, -0.1) is 0 Å². The van der Waals surface area contributed by atoms with Gasteiger partial charge >= 0.3 is 0 Å². The number of nitrogens with one attached hydrogen (secondary N) is 1. The van der Waals surface area contributed by atoms with Crippen LogP contribution in [0.2, 0.25) is 0 Å². The fourth-order valence-electron chi connectivity index (χ4n) is 1.58. The van der Waals surface area contributed by atoms with Crippen molar-refractivity contribution in [1.29, 1.82) is 0 Å². The van der Waals surface area contributed by atoms with Gasteiger partial charge in [0.25, 0.3) is 0 Å². The predicted molar refractivity (Wildman–Crippen MR) is 69.1 cm³/mol. The first kappa shape index (κ1) is 13.2. The van der Waals surface area contributed by atoms with Gasteiger partial charge in [-0.05, 0) is 40.7 Å². The Labute approximate surface area is 112 Å². The van der Waals surface area contributed by atoms with Crippen molar-refractivity contribution >= 4 is 15.9 Å². The summed E-state index contributed by atoms with van der Waals surface area (Å²) in [5, 5.41) is 3.11. The standard InChI is InChI=1S/C13H12BrF2NO/c1-2-17-7-8-3-4-13(18-8)9-5-10(14)12(16)6-11(9)15/h3-6,17H,2,7H2,1H3. The second-order valence-electron chi connectivity index (χ2n) is 3.79. The van der Waals surface area contributed by atoms with Gasteiger partial charge in [-0.2, -0.15) is 0 Å². The molecule has 1 aromatic carbocycles. The lowest BCUT2D eigenvalue weighted by Crippen LogP contribution is -2.10. The zero-order valence-corrected chi connectivity index (χ0v) is 11.4. The van der Waals surface area contributed by atoms with Gasteiger partial charge in [0, 0.05) is 6.07 Å². The molecule has 0 aliphatic heterocycles. The van der Waals surface area contributed by atoms with Gasteiger partial charge < -0.3 is 9.73 Å². The number of halogens is 3. The van der Waals surface area contributed by atoms with E-state index in [1.54, 1.807) is 12.1 Å². The van der Waals surface area contributed by atoms with E-state index in [-0.39, 0.29) is 10.0 Å². The second kappa shape index (κ2) is 5.63. The zero-order valence-electron chi connectivity index (χ0n) is 9.77. The molecule has 0 unspecified atom stereocenters. The minimum absolute atomic E-state index is 0.212. The summed E-state index contributed by atoms with van der Waals surface area (Å²) in [6, 6.07) is 5.66. The van der Waals surface area contributed by atoms with Crippen molar-refractivity contribution in [2.45, 2.75) is 13.5 Å². The van der Waals surface area contributed by atoms with E-state index in [9.17, 15) is 8.78 Å². The van der Waals surface area contributed by atoms with Crippen molar-refractivity contribution in [3.05, 3.63) is 46.1 Å². The number of hydrogen-bond donors (Lipinski definition) is 1. The monoisotopic (exact) mass is 315 g/mol. The predicted octanol–water partition coefficient (Wildman–Crippen LogP) is 4.10. The van der Waals surface area contributed by atoms with Gasteiger partial charge in [-0.3, -0.25) is 0 Å². The van der Waals surface area contributed by atoms with Crippen LogP contribution in [-0.2, 0) is 6.54 Å². The maximum absolute atomic E-state index is 13.6. The minimum Gasteiger partial charge on any atom is -0.460 e. The van der Waals surface area contributed by atoms with Crippen LogP contribution in [-0.4, -0.2) is 6.54 Å². The summed E-state index contributed by atoms with van der Waals surface area (Å²) in [6.45, 7) is 3.40. The molecule has 2 aromatic rings. The third-order valence-electron chi connectivity index (χ3n) is 2.49. The largest absolute Gasteiger partial charge is 0.460 e. The molecule has 0 spiro atoms. The van der Waals surface area contributed by atoms with E-state index in [4.69, 9.17) is 4.42 Å². The van der Waals surface area contributed by atoms with E-state index >= 15 is 0 Å². The Kier molecular flexibility index (Phi) is 4.14. The van der Waals surface area contributed by atoms with E-state index in [0.29, 0.717) is 18.1 Å². The lowest BCUT2D eigenvalue weighted by atomic mass is 10.1.